The van der Waals surface area contributed by atoms with Gasteiger partial charge in [0.25, 0.3) is 5.88 Å². The Morgan fingerprint density at radius 1 is 1.56 bits per heavy atom. The molecule has 0 amide bonds. The molecule has 9 nitrogen and oxygen atoms in total. The van der Waals surface area contributed by atoms with E-state index in [4.69, 9.17) is 4.74 Å². The van der Waals surface area contributed by atoms with Crippen LogP contribution in [0.4, 0.5) is 5.69 Å². The molecule has 0 aliphatic heterocycles. The van der Waals surface area contributed by atoms with Crippen LogP contribution >= 0.6 is 0 Å². The van der Waals surface area contributed by atoms with Gasteiger partial charge < -0.3 is 4.74 Å². The van der Waals surface area contributed by atoms with Crippen molar-refractivity contribution in [3.05, 3.63) is 34.3 Å². The minimum Gasteiger partial charge on any atom is -0.471 e. The lowest BCUT2D eigenvalue weighted by Crippen LogP contribution is -2.10. The molecule has 0 unspecified atom stereocenters. The lowest BCUT2D eigenvalue weighted by Gasteiger charge is -2.05. The number of pyridine rings is 1. The van der Waals surface area contributed by atoms with Crippen molar-refractivity contribution in [2.75, 3.05) is 6.61 Å². The first-order valence-corrected chi connectivity index (χ1v) is 5.11. The van der Waals surface area contributed by atoms with Gasteiger partial charge in [0, 0.05) is 12.3 Å². The number of tetrazole rings is 1. The Labute approximate surface area is 102 Å². The van der Waals surface area contributed by atoms with Crippen LogP contribution in [-0.2, 0) is 6.54 Å². The fourth-order valence-electron chi connectivity index (χ4n) is 1.30. The predicted octanol–water partition coefficient (Wildman–Crippen LogP) is 0.364. The SMILES string of the molecule is Cc1cnc(OCCn2cnnn2)c([N+](=O)[O-])c1. The van der Waals surface area contributed by atoms with Gasteiger partial charge in [0.05, 0.1) is 11.5 Å². The van der Waals surface area contributed by atoms with Crippen LogP contribution in [-0.4, -0.2) is 36.7 Å². The minimum absolute atomic E-state index is 0.00123. The zero-order valence-corrected chi connectivity index (χ0v) is 9.55. The Balaban J connectivity index is 2.02. The van der Waals surface area contributed by atoms with Crippen molar-refractivity contribution in [3.63, 3.8) is 0 Å². The van der Waals surface area contributed by atoms with Gasteiger partial charge in [0.2, 0.25) is 0 Å². The lowest BCUT2D eigenvalue weighted by atomic mass is 10.3. The van der Waals surface area contributed by atoms with Gasteiger partial charge in [-0.3, -0.25) is 10.1 Å². The maximum atomic E-state index is 10.8. The van der Waals surface area contributed by atoms with E-state index in [1.807, 2.05) is 0 Å². The van der Waals surface area contributed by atoms with E-state index in [1.165, 1.54) is 23.3 Å². The monoisotopic (exact) mass is 250 g/mol. The third-order valence-electron chi connectivity index (χ3n) is 2.12. The van der Waals surface area contributed by atoms with E-state index >= 15 is 0 Å². The van der Waals surface area contributed by atoms with Crippen LogP contribution in [0.25, 0.3) is 0 Å². The summed E-state index contributed by atoms with van der Waals surface area (Å²) in [6.07, 6.45) is 2.94. The molecule has 2 rings (SSSR count). The van der Waals surface area contributed by atoms with E-state index in [-0.39, 0.29) is 18.2 Å². The molecule has 2 aromatic heterocycles. The summed E-state index contributed by atoms with van der Waals surface area (Å²) in [6, 6.07) is 1.42. The second-order valence-corrected chi connectivity index (χ2v) is 3.52. The summed E-state index contributed by atoms with van der Waals surface area (Å²) in [6.45, 7) is 2.31. The molecule has 0 radical (unpaired) electrons. The van der Waals surface area contributed by atoms with Crippen molar-refractivity contribution >= 4 is 5.69 Å². The van der Waals surface area contributed by atoms with Crippen molar-refractivity contribution < 1.29 is 9.66 Å². The van der Waals surface area contributed by atoms with Crippen LogP contribution in [0.2, 0.25) is 0 Å². The van der Waals surface area contributed by atoms with E-state index in [0.717, 1.165) is 0 Å². The molecule has 0 spiro atoms. The highest BCUT2D eigenvalue weighted by Gasteiger charge is 2.16. The smallest absolute Gasteiger partial charge is 0.331 e. The first kappa shape index (κ1) is 11.9. The summed E-state index contributed by atoms with van der Waals surface area (Å²) in [5.41, 5.74) is 0.557. The Kier molecular flexibility index (Phi) is 3.41. The summed E-state index contributed by atoms with van der Waals surface area (Å²) in [4.78, 5) is 14.2. The number of aryl methyl sites for hydroxylation is 1. The van der Waals surface area contributed by atoms with Crippen LogP contribution in [0.1, 0.15) is 5.56 Å². The molecule has 0 saturated heterocycles. The van der Waals surface area contributed by atoms with Gasteiger partial charge in [0.15, 0.2) is 0 Å². The van der Waals surface area contributed by atoms with Crippen LogP contribution in [0.15, 0.2) is 18.6 Å². The van der Waals surface area contributed by atoms with Gasteiger partial charge in [-0.15, -0.1) is 5.10 Å². The number of nitro groups is 1. The van der Waals surface area contributed by atoms with Crippen molar-refractivity contribution in [2.45, 2.75) is 13.5 Å². The first-order chi connectivity index (χ1) is 8.66. The molecule has 18 heavy (non-hydrogen) atoms. The number of hydrogen-bond donors (Lipinski definition) is 0. The Morgan fingerprint density at radius 3 is 3.06 bits per heavy atom. The summed E-state index contributed by atoms with van der Waals surface area (Å²) >= 11 is 0. The highest BCUT2D eigenvalue weighted by atomic mass is 16.6. The molecule has 2 aromatic rings. The minimum atomic E-state index is -0.521. The maximum absolute atomic E-state index is 10.8. The number of hydrogen-bond acceptors (Lipinski definition) is 7. The van der Waals surface area contributed by atoms with E-state index in [0.29, 0.717) is 12.1 Å². The number of nitrogens with zero attached hydrogens (tertiary/aromatic N) is 6. The average Bonchev–Trinajstić information content (AvgIpc) is 2.84. The highest BCUT2D eigenvalue weighted by Crippen LogP contribution is 2.24. The van der Waals surface area contributed by atoms with E-state index in [9.17, 15) is 10.1 Å². The molecule has 9 heteroatoms. The molecular weight excluding hydrogens is 240 g/mol. The van der Waals surface area contributed by atoms with Crippen LogP contribution < -0.4 is 4.74 Å². The lowest BCUT2D eigenvalue weighted by molar-refractivity contribution is -0.386. The van der Waals surface area contributed by atoms with Gasteiger partial charge in [-0.1, -0.05) is 0 Å². The van der Waals surface area contributed by atoms with Gasteiger partial charge in [-0.05, 0) is 22.9 Å². The highest BCUT2D eigenvalue weighted by molar-refractivity contribution is 5.42. The third-order valence-corrected chi connectivity index (χ3v) is 2.12. The van der Waals surface area contributed by atoms with Crippen LogP contribution in [0.3, 0.4) is 0 Å². The molecule has 2 heterocycles. The molecule has 0 aromatic carbocycles. The fraction of sp³-hybridized carbons (Fsp3) is 0.333. The van der Waals surface area contributed by atoms with E-state index in [2.05, 4.69) is 20.5 Å². The molecule has 0 atom stereocenters. The molecule has 0 saturated carbocycles. The summed E-state index contributed by atoms with van der Waals surface area (Å²) < 4.78 is 6.72. The molecule has 0 bridgehead atoms. The zero-order chi connectivity index (χ0) is 13.0. The maximum Gasteiger partial charge on any atom is 0.331 e. The second kappa shape index (κ2) is 5.17. The Hall–Kier alpha value is -2.58. The van der Waals surface area contributed by atoms with Gasteiger partial charge in [-0.2, -0.15) is 0 Å². The van der Waals surface area contributed by atoms with E-state index < -0.39 is 4.92 Å². The average molecular weight is 250 g/mol. The summed E-state index contributed by atoms with van der Waals surface area (Å²) in [5, 5.41) is 21.4. The molecule has 94 valence electrons. The molecule has 0 aliphatic carbocycles. The van der Waals surface area contributed by atoms with Crippen molar-refractivity contribution in [1.29, 1.82) is 0 Å². The van der Waals surface area contributed by atoms with E-state index in [1.54, 1.807) is 6.92 Å². The first-order valence-electron chi connectivity index (χ1n) is 5.11. The quantitative estimate of drug-likeness (QED) is 0.556. The Bertz CT molecular complexity index is 541. The molecule has 0 aliphatic rings. The molecular formula is C9H10N6O3. The van der Waals surface area contributed by atoms with Gasteiger partial charge >= 0.3 is 5.69 Å². The topological polar surface area (TPSA) is 109 Å². The largest absolute Gasteiger partial charge is 0.471 e. The molecule has 0 N–H and O–H groups in total. The zero-order valence-electron chi connectivity index (χ0n) is 9.55. The third kappa shape index (κ3) is 2.75. The van der Waals surface area contributed by atoms with Gasteiger partial charge in [-0.25, -0.2) is 9.67 Å². The summed E-state index contributed by atoms with van der Waals surface area (Å²) in [5.74, 6) is -0.00123. The molecule has 0 fully saturated rings. The number of rotatable bonds is 5. The van der Waals surface area contributed by atoms with Crippen LogP contribution in [0.5, 0.6) is 5.88 Å². The normalized spacial score (nSPS) is 10.3. The van der Waals surface area contributed by atoms with Crippen molar-refractivity contribution in [2.24, 2.45) is 0 Å². The fourth-order valence-corrected chi connectivity index (χ4v) is 1.30. The number of aromatic nitrogens is 5. The van der Waals surface area contributed by atoms with Crippen molar-refractivity contribution in [3.8, 4) is 5.88 Å². The van der Waals surface area contributed by atoms with Crippen LogP contribution in [0, 0.1) is 17.0 Å². The number of ether oxygens (including phenoxy) is 1. The van der Waals surface area contributed by atoms with Gasteiger partial charge in [0.1, 0.15) is 12.9 Å². The second-order valence-electron chi connectivity index (χ2n) is 3.52. The Morgan fingerprint density at radius 2 is 2.39 bits per heavy atom. The summed E-state index contributed by atoms with van der Waals surface area (Å²) in [7, 11) is 0. The standard InChI is InChI=1S/C9H10N6O3/c1-7-4-8(15(16)17)9(10-5-7)18-3-2-14-6-11-12-13-14/h4-6H,2-3H2,1H3. The predicted molar refractivity (Wildman–Crippen MR) is 58.9 cm³/mol. The van der Waals surface area contributed by atoms with Crippen molar-refractivity contribution in [1.82, 2.24) is 25.2 Å².